The van der Waals surface area contributed by atoms with E-state index in [1.807, 2.05) is 98.8 Å². The first kappa shape index (κ1) is 25.7. The van der Waals surface area contributed by atoms with Gasteiger partial charge in [-0.1, -0.05) is 85.8 Å². The largest absolute Gasteiger partial charge is 0.488 e. The molecule has 186 valence electrons. The number of tetrazole rings is 1. The Labute approximate surface area is 221 Å². The highest BCUT2D eigenvalue weighted by Gasteiger charge is 2.20. The van der Waals surface area contributed by atoms with Gasteiger partial charge in [-0.2, -0.15) is 5.21 Å². The number of halogens is 1. The number of benzene rings is 3. The SMILES string of the molecule is CCc1cc(OCc2ccc(-c3ccccc3-c3nn[nH]n3)cc2)c(C(=O)c2ccccc2)c(C)n1.Cl. The third-order valence-corrected chi connectivity index (χ3v) is 6.02. The molecule has 0 bridgehead atoms. The second-order valence-electron chi connectivity index (χ2n) is 8.39. The third kappa shape index (κ3) is 5.57. The Kier molecular flexibility index (Phi) is 8.05. The van der Waals surface area contributed by atoms with Crippen LogP contribution in [0, 0.1) is 6.92 Å². The summed E-state index contributed by atoms with van der Waals surface area (Å²) in [6.07, 6.45) is 0.755. The van der Waals surface area contributed by atoms with Crippen LogP contribution in [0.15, 0.2) is 84.9 Å². The fraction of sp³-hybridized carbons (Fsp3) is 0.138. The van der Waals surface area contributed by atoms with Crippen LogP contribution in [0.1, 0.15) is 39.8 Å². The molecule has 0 atom stereocenters. The van der Waals surface area contributed by atoms with Gasteiger partial charge >= 0.3 is 0 Å². The summed E-state index contributed by atoms with van der Waals surface area (Å²) in [6, 6.07) is 27.2. The smallest absolute Gasteiger partial charge is 0.205 e. The molecule has 0 aliphatic carbocycles. The number of H-pyrrole nitrogens is 1. The van der Waals surface area contributed by atoms with Crippen molar-refractivity contribution in [1.29, 1.82) is 0 Å². The van der Waals surface area contributed by atoms with E-state index in [2.05, 4.69) is 25.6 Å². The van der Waals surface area contributed by atoms with E-state index >= 15 is 0 Å². The average molecular weight is 512 g/mol. The molecule has 0 saturated carbocycles. The van der Waals surface area contributed by atoms with Crippen molar-refractivity contribution in [3.8, 4) is 28.3 Å². The van der Waals surface area contributed by atoms with Crippen LogP contribution in [-0.2, 0) is 13.0 Å². The molecular weight excluding hydrogens is 486 g/mol. The minimum Gasteiger partial charge on any atom is -0.488 e. The monoisotopic (exact) mass is 511 g/mol. The van der Waals surface area contributed by atoms with Crippen LogP contribution >= 0.6 is 12.4 Å². The standard InChI is InChI=1S/C29H25N5O2.ClH/c1-3-23-17-26(27(19(2)30-23)28(35)22-9-5-4-6-10-22)36-18-20-13-15-21(16-14-20)24-11-7-8-12-25(24)29-31-33-34-32-29;/h4-17H,3,18H2,1-2H3,(H,31,32,33,34);1H. The van der Waals surface area contributed by atoms with Crippen LogP contribution < -0.4 is 4.74 Å². The van der Waals surface area contributed by atoms with Gasteiger partial charge in [-0.25, -0.2) is 0 Å². The van der Waals surface area contributed by atoms with Gasteiger partial charge in [0.1, 0.15) is 12.4 Å². The lowest BCUT2D eigenvalue weighted by molar-refractivity contribution is 0.103. The number of nitrogens with zero attached hydrogens (tertiary/aromatic N) is 4. The molecule has 0 saturated heterocycles. The van der Waals surface area contributed by atoms with Gasteiger partial charge in [0, 0.05) is 22.9 Å². The van der Waals surface area contributed by atoms with E-state index in [4.69, 9.17) is 4.74 Å². The summed E-state index contributed by atoms with van der Waals surface area (Å²) in [5.41, 5.74) is 6.61. The number of pyridine rings is 1. The first-order valence-corrected chi connectivity index (χ1v) is 11.8. The van der Waals surface area contributed by atoms with E-state index in [-0.39, 0.29) is 18.2 Å². The predicted octanol–water partition coefficient (Wildman–Crippen LogP) is 6.03. The van der Waals surface area contributed by atoms with Crippen molar-refractivity contribution in [3.63, 3.8) is 0 Å². The molecule has 8 heteroatoms. The number of rotatable bonds is 8. The number of ether oxygens (including phenoxy) is 1. The number of hydrogen-bond acceptors (Lipinski definition) is 6. The molecule has 0 unspecified atom stereocenters. The van der Waals surface area contributed by atoms with Crippen molar-refractivity contribution in [2.45, 2.75) is 26.9 Å². The number of aromatic nitrogens is 5. The average Bonchev–Trinajstić information content (AvgIpc) is 3.47. The first-order chi connectivity index (χ1) is 17.6. The van der Waals surface area contributed by atoms with Gasteiger partial charge < -0.3 is 4.74 Å². The Bertz CT molecular complexity index is 1490. The fourth-order valence-corrected chi connectivity index (χ4v) is 4.16. The molecule has 0 amide bonds. The maximum Gasteiger partial charge on any atom is 0.205 e. The lowest BCUT2D eigenvalue weighted by atomic mass is 9.98. The van der Waals surface area contributed by atoms with Crippen LogP contribution in [0.2, 0.25) is 0 Å². The zero-order chi connectivity index (χ0) is 24.9. The van der Waals surface area contributed by atoms with Crippen LogP contribution in [0.25, 0.3) is 22.5 Å². The number of aryl methyl sites for hydroxylation is 2. The molecule has 0 radical (unpaired) electrons. The normalized spacial score (nSPS) is 10.5. The molecule has 5 rings (SSSR count). The Balaban J connectivity index is 0.00000320. The number of nitrogens with one attached hydrogen (secondary N) is 1. The topological polar surface area (TPSA) is 93.7 Å². The molecule has 0 aliphatic rings. The zero-order valence-corrected chi connectivity index (χ0v) is 21.3. The molecule has 1 N–H and O–H groups in total. The molecule has 7 nitrogen and oxygen atoms in total. The maximum absolute atomic E-state index is 13.3. The Morgan fingerprint density at radius 3 is 2.30 bits per heavy atom. The van der Waals surface area contributed by atoms with E-state index in [0.29, 0.717) is 35.0 Å². The van der Waals surface area contributed by atoms with Crippen LogP contribution in [0.4, 0.5) is 0 Å². The molecule has 0 aliphatic heterocycles. The zero-order valence-electron chi connectivity index (χ0n) is 20.5. The molecule has 2 aromatic heterocycles. The van der Waals surface area contributed by atoms with E-state index in [1.54, 1.807) is 0 Å². The van der Waals surface area contributed by atoms with Crippen LogP contribution in [0.5, 0.6) is 5.75 Å². The molecule has 5 aromatic rings. The van der Waals surface area contributed by atoms with Gasteiger partial charge in [0.05, 0.1) is 11.3 Å². The molecule has 3 aromatic carbocycles. The van der Waals surface area contributed by atoms with Crippen LogP contribution in [0.3, 0.4) is 0 Å². The van der Waals surface area contributed by atoms with Gasteiger partial charge in [0.25, 0.3) is 0 Å². The number of carbonyl (C=O) groups is 1. The van der Waals surface area contributed by atoms with E-state index in [9.17, 15) is 4.79 Å². The van der Waals surface area contributed by atoms with Gasteiger partial charge in [0.15, 0.2) is 5.78 Å². The second kappa shape index (κ2) is 11.6. The molecular formula is C29H26ClN5O2. The van der Waals surface area contributed by atoms with E-state index < -0.39 is 0 Å². The van der Waals surface area contributed by atoms with E-state index in [1.165, 1.54) is 0 Å². The van der Waals surface area contributed by atoms with Crippen LogP contribution in [-0.4, -0.2) is 31.4 Å². The number of ketones is 1. The summed E-state index contributed by atoms with van der Waals surface area (Å²) >= 11 is 0. The molecule has 2 heterocycles. The summed E-state index contributed by atoms with van der Waals surface area (Å²) < 4.78 is 6.22. The minimum atomic E-state index is -0.0910. The Morgan fingerprint density at radius 2 is 1.62 bits per heavy atom. The number of carbonyl (C=O) groups excluding carboxylic acids is 1. The van der Waals surface area contributed by atoms with Crippen molar-refractivity contribution >= 4 is 18.2 Å². The van der Waals surface area contributed by atoms with Crippen molar-refractivity contribution in [1.82, 2.24) is 25.6 Å². The first-order valence-electron chi connectivity index (χ1n) is 11.8. The highest BCUT2D eigenvalue weighted by Crippen LogP contribution is 2.30. The molecule has 0 spiro atoms. The summed E-state index contributed by atoms with van der Waals surface area (Å²) in [5.74, 6) is 1.01. The van der Waals surface area contributed by atoms with Gasteiger partial charge in [-0.05, 0) is 35.2 Å². The van der Waals surface area contributed by atoms with Gasteiger partial charge in [0.2, 0.25) is 5.82 Å². The fourth-order valence-electron chi connectivity index (χ4n) is 4.16. The Morgan fingerprint density at radius 1 is 0.919 bits per heavy atom. The highest BCUT2D eigenvalue weighted by molar-refractivity contribution is 6.11. The lowest BCUT2D eigenvalue weighted by Crippen LogP contribution is -2.10. The minimum absolute atomic E-state index is 0. The molecule has 37 heavy (non-hydrogen) atoms. The highest BCUT2D eigenvalue weighted by atomic mass is 35.5. The van der Waals surface area contributed by atoms with Crippen molar-refractivity contribution < 1.29 is 9.53 Å². The summed E-state index contributed by atoms with van der Waals surface area (Å²) in [7, 11) is 0. The van der Waals surface area contributed by atoms with Crippen molar-refractivity contribution in [3.05, 3.63) is 113 Å². The third-order valence-electron chi connectivity index (χ3n) is 6.02. The van der Waals surface area contributed by atoms with Gasteiger partial charge in [-0.3, -0.25) is 9.78 Å². The summed E-state index contributed by atoms with van der Waals surface area (Å²) in [4.78, 5) is 17.9. The van der Waals surface area contributed by atoms with Crippen molar-refractivity contribution in [2.75, 3.05) is 0 Å². The Hall–Kier alpha value is -4.36. The second-order valence-corrected chi connectivity index (χ2v) is 8.39. The van der Waals surface area contributed by atoms with Gasteiger partial charge in [-0.15, -0.1) is 22.6 Å². The summed E-state index contributed by atoms with van der Waals surface area (Å²) in [6.45, 7) is 4.22. The van der Waals surface area contributed by atoms with E-state index in [0.717, 1.165) is 34.4 Å². The lowest BCUT2D eigenvalue weighted by Gasteiger charge is -2.15. The maximum atomic E-state index is 13.3. The quantitative estimate of drug-likeness (QED) is 0.255. The summed E-state index contributed by atoms with van der Waals surface area (Å²) in [5, 5.41) is 14.4. The predicted molar refractivity (Wildman–Crippen MR) is 145 cm³/mol. The molecule has 0 fully saturated rings. The number of aromatic amines is 1. The number of hydrogen-bond donors (Lipinski definition) is 1. The van der Waals surface area contributed by atoms with Crippen molar-refractivity contribution in [2.24, 2.45) is 0 Å².